The highest BCUT2D eigenvalue weighted by Gasteiger charge is 2.14. The molecule has 49 valence electrons. The third kappa shape index (κ3) is 6.46. The first-order valence-electron chi connectivity index (χ1n) is 1.85. The van der Waals surface area contributed by atoms with Crippen LogP contribution in [0.25, 0.3) is 0 Å². The summed E-state index contributed by atoms with van der Waals surface area (Å²) in [5, 5.41) is 0. The van der Waals surface area contributed by atoms with Gasteiger partial charge in [-0.1, -0.05) is 0 Å². The first-order valence-corrected chi connectivity index (χ1v) is 3.98. The minimum atomic E-state index is -4.48. The van der Waals surface area contributed by atoms with Crippen LogP contribution < -0.4 is 0 Å². The Hall–Kier alpha value is 0.460. The second-order valence-corrected chi connectivity index (χ2v) is 2.67. The van der Waals surface area contributed by atoms with E-state index in [2.05, 4.69) is 17.2 Å². The average molecular weight is 157 g/mol. The lowest BCUT2D eigenvalue weighted by Gasteiger charge is -1.97. The molecule has 0 saturated heterocycles. The third-order valence-electron chi connectivity index (χ3n) is 0.346. The maximum Gasteiger partial charge on any atom is 0.499 e. The van der Waals surface area contributed by atoms with Crippen molar-refractivity contribution in [2.45, 2.75) is 0 Å². The van der Waals surface area contributed by atoms with Crippen molar-refractivity contribution in [3.63, 3.8) is 0 Å². The molecule has 8 heavy (non-hydrogen) atoms. The Labute approximate surface area is 52.5 Å². The van der Waals surface area contributed by atoms with Crippen LogP contribution in [0.3, 0.4) is 0 Å². The Morgan fingerprint density at radius 3 is 2.38 bits per heavy atom. The van der Waals surface area contributed by atoms with Crippen LogP contribution in [0, 0.1) is 0 Å². The number of rotatable bonds is 3. The van der Waals surface area contributed by atoms with E-state index in [0.717, 1.165) is 0 Å². The molecule has 0 aromatic heterocycles. The zero-order chi connectivity index (χ0) is 6.62. The highest BCUT2D eigenvalue weighted by atomic mass is 32.1. The molecule has 0 rings (SSSR count). The fourth-order valence-electron chi connectivity index (χ4n) is 0.156. The van der Waals surface area contributed by atoms with Gasteiger partial charge in [0.25, 0.3) is 0 Å². The Bertz CT molecular complexity index is 98.2. The van der Waals surface area contributed by atoms with E-state index in [9.17, 15) is 9.46 Å². The van der Waals surface area contributed by atoms with Crippen LogP contribution in [0.4, 0.5) is 0 Å². The van der Waals surface area contributed by atoms with Gasteiger partial charge in [-0.3, -0.25) is 4.52 Å². The van der Waals surface area contributed by atoms with E-state index in [0.29, 0.717) is 0 Å². The van der Waals surface area contributed by atoms with Gasteiger partial charge in [0.1, 0.15) is 0 Å². The van der Waals surface area contributed by atoms with Crippen LogP contribution in [-0.4, -0.2) is 17.3 Å². The molecule has 0 fully saturated rings. The summed E-state index contributed by atoms with van der Waals surface area (Å²) in [6.45, 7) is -0.0829. The minimum absolute atomic E-state index is 0.0829. The normalized spacial score (nSPS) is 11.9. The zero-order valence-electron chi connectivity index (χ0n) is 3.98. The Morgan fingerprint density at radius 1 is 1.75 bits per heavy atom. The van der Waals surface area contributed by atoms with Gasteiger partial charge in [-0.25, -0.2) is 4.57 Å². The summed E-state index contributed by atoms with van der Waals surface area (Å²) in [6.07, 6.45) is 0. The molecule has 4 nitrogen and oxygen atoms in total. The molecule has 1 atom stereocenters. The second kappa shape index (κ2) is 3.48. The molecule has 1 unspecified atom stereocenters. The van der Waals surface area contributed by atoms with Crippen LogP contribution in [0.5, 0.6) is 0 Å². The van der Waals surface area contributed by atoms with Gasteiger partial charge in [0.2, 0.25) is 0 Å². The highest BCUT2D eigenvalue weighted by Crippen LogP contribution is 2.36. The van der Waals surface area contributed by atoms with Crippen molar-refractivity contribution in [3.05, 3.63) is 0 Å². The fraction of sp³-hybridized carbons (Fsp3) is 1.00. The Morgan fingerprint density at radius 2 is 2.25 bits per heavy atom. The summed E-state index contributed by atoms with van der Waals surface area (Å²) >= 11 is 3.64. The molecule has 0 spiro atoms. The molecule has 0 aliphatic carbocycles. The lowest BCUT2D eigenvalue weighted by Crippen LogP contribution is -1.90. The van der Waals surface area contributed by atoms with Gasteiger partial charge >= 0.3 is 7.82 Å². The van der Waals surface area contributed by atoms with Gasteiger partial charge in [0, 0.05) is 5.75 Å². The molecular weight excluding hydrogens is 151 g/mol. The molecule has 0 bridgehead atoms. The molecule has 0 aromatic carbocycles. The Balaban J connectivity index is 3.26. The Kier molecular flexibility index (Phi) is 3.68. The summed E-state index contributed by atoms with van der Waals surface area (Å²) in [5.74, 6) is 0.271. The van der Waals surface area contributed by atoms with Gasteiger partial charge in [-0.2, -0.15) is 12.6 Å². The predicted octanol–water partition coefficient (Wildman–Crippen LogP) is 0.464. The molecule has 0 aliphatic rings. The molecule has 0 aromatic rings. The topological polar surface area (TPSA) is 66.4 Å². The van der Waals surface area contributed by atoms with E-state index in [1.54, 1.807) is 0 Å². The third-order valence-corrected chi connectivity index (χ3v) is 1.04. The predicted molar refractivity (Wildman–Crippen MR) is 30.3 cm³/mol. The van der Waals surface area contributed by atoms with E-state index in [1.807, 2.05) is 0 Å². The first-order chi connectivity index (χ1) is 3.56. The summed E-state index contributed by atoms with van der Waals surface area (Å²) in [5.41, 5.74) is 0. The second-order valence-electron chi connectivity index (χ2n) is 1.03. The highest BCUT2D eigenvalue weighted by molar-refractivity contribution is 7.80. The van der Waals surface area contributed by atoms with Crippen LogP contribution in [0.1, 0.15) is 0 Å². The van der Waals surface area contributed by atoms with Crippen LogP contribution in [0.2, 0.25) is 0 Å². The minimum Gasteiger partial charge on any atom is -0.301 e. The molecule has 6 heteroatoms. The van der Waals surface area contributed by atoms with Crippen molar-refractivity contribution >= 4 is 20.5 Å². The van der Waals surface area contributed by atoms with E-state index >= 15 is 0 Å². The molecule has 1 radical (unpaired) electrons. The summed E-state index contributed by atoms with van der Waals surface area (Å²) in [4.78, 5) is 17.6. The summed E-state index contributed by atoms with van der Waals surface area (Å²) in [6, 6.07) is 0. The fourth-order valence-corrected chi connectivity index (χ4v) is 0.714. The van der Waals surface area contributed by atoms with Gasteiger partial charge in [-0.05, 0) is 0 Å². The smallest absolute Gasteiger partial charge is 0.301 e. The molecule has 0 amide bonds. The van der Waals surface area contributed by atoms with Crippen molar-refractivity contribution in [1.82, 2.24) is 0 Å². The molecule has 1 N–H and O–H groups in total. The van der Waals surface area contributed by atoms with Gasteiger partial charge in [0.05, 0.1) is 6.61 Å². The van der Waals surface area contributed by atoms with Crippen molar-refractivity contribution in [2.24, 2.45) is 0 Å². The van der Waals surface area contributed by atoms with E-state index in [4.69, 9.17) is 4.89 Å². The first kappa shape index (κ1) is 8.46. The van der Waals surface area contributed by atoms with Crippen LogP contribution in [-0.2, 0) is 14.0 Å². The SMILES string of the molecule is [O]P(=O)(O)OCCS. The molecule has 0 aliphatic heterocycles. The van der Waals surface area contributed by atoms with Gasteiger partial charge < -0.3 is 4.89 Å². The van der Waals surface area contributed by atoms with Crippen LogP contribution >= 0.6 is 20.5 Å². The standard InChI is InChI=1S/C2H6O4PS/c3-7(4,5)6-1-2-8/h8H,1-2H2,(H,3,4). The van der Waals surface area contributed by atoms with E-state index in [1.165, 1.54) is 0 Å². The molecule has 0 heterocycles. The molecule has 0 saturated carbocycles. The van der Waals surface area contributed by atoms with E-state index < -0.39 is 7.82 Å². The van der Waals surface area contributed by atoms with Crippen molar-refractivity contribution in [1.29, 1.82) is 0 Å². The van der Waals surface area contributed by atoms with Crippen molar-refractivity contribution in [3.8, 4) is 0 Å². The summed E-state index contributed by atoms with van der Waals surface area (Å²) in [7, 11) is -4.48. The van der Waals surface area contributed by atoms with Crippen LogP contribution in [0.15, 0.2) is 0 Å². The average Bonchev–Trinajstić information content (AvgIpc) is 1.59. The maximum atomic E-state index is 9.72. The monoisotopic (exact) mass is 157 g/mol. The largest absolute Gasteiger partial charge is 0.499 e. The van der Waals surface area contributed by atoms with Gasteiger partial charge in [0.15, 0.2) is 0 Å². The van der Waals surface area contributed by atoms with Crippen molar-refractivity contribution in [2.75, 3.05) is 12.4 Å². The quantitative estimate of drug-likeness (QED) is 0.462. The number of hydrogen-bond donors (Lipinski definition) is 2. The van der Waals surface area contributed by atoms with Gasteiger partial charge in [-0.15, -0.1) is 4.89 Å². The molecular formula is C2H6O4PS. The number of hydrogen-bond acceptors (Lipinski definition) is 3. The maximum absolute atomic E-state index is 9.72. The zero-order valence-corrected chi connectivity index (χ0v) is 5.77. The number of thiol groups is 1. The van der Waals surface area contributed by atoms with Crippen molar-refractivity contribution < 1.29 is 18.9 Å². The lowest BCUT2D eigenvalue weighted by molar-refractivity contribution is 0.180. The lowest BCUT2D eigenvalue weighted by atomic mass is 10.9. The van der Waals surface area contributed by atoms with E-state index in [-0.39, 0.29) is 12.4 Å². The summed E-state index contributed by atoms with van der Waals surface area (Å²) < 4.78 is 13.6.